The normalized spacial score (nSPS) is 25.6. The van der Waals surface area contributed by atoms with E-state index in [4.69, 9.17) is 0 Å². The van der Waals surface area contributed by atoms with Crippen molar-refractivity contribution in [1.29, 1.82) is 0 Å². The lowest BCUT2D eigenvalue weighted by Crippen LogP contribution is -2.51. The Morgan fingerprint density at radius 2 is 1.70 bits per heavy atom. The molecule has 0 radical (unpaired) electrons. The number of aromatic hydroxyl groups is 1. The van der Waals surface area contributed by atoms with E-state index in [0.29, 0.717) is 9.87 Å². The first kappa shape index (κ1) is 20.5. The molecule has 0 amide bonds. The van der Waals surface area contributed by atoms with E-state index >= 15 is 0 Å². The highest BCUT2D eigenvalue weighted by molar-refractivity contribution is 7.93. The predicted octanol–water partition coefficient (Wildman–Crippen LogP) is 3.56. The predicted molar refractivity (Wildman–Crippen MR) is 105 cm³/mol. The first-order valence-electron chi connectivity index (χ1n) is 9.22. The minimum Gasteiger partial charge on any atom is -0.508 e. The number of carbonyl (C=O) groups is 1. The maximum atomic E-state index is 13.6. The average Bonchev–Trinajstić information content (AvgIpc) is 3.17. The Balaban J connectivity index is 1.85. The zero-order valence-corrected chi connectivity index (χ0v) is 16.4. The number of benzene rings is 2. The van der Waals surface area contributed by atoms with Gasteiger partial charge in [0.05, 0.1) is 11.1 Å². The topological polar surface area (TPSA) is 74.7 Å². The van der Waals surface area contributed by atoms with Crippen molar-refractivity contribution in [3.63, 3.8) is 0 Å². The highest BCUT2D eigenvalue weighted by Crippen LogP contribution is 2.52. The monoisotopic (exact) mass is 437 g/mol. The summed E-state index contributed by atoms with van der Waals surface area (Å²) in [4.78, 5) is 13.0. The van der Waals surface area contributed by atoms with Crippen LogP contribution in [0.3, 0.4) is 0 Å². The number of anilines is 1. The number of alkyl halides is 3. The molecule has 1 N–H and O–H groups in total. The SMILES string of the molecule is O=C1C2C=CC1(c1ccc(O)cc1)C(S(=O)(=O)N(CC(F)(F)F)c1ccccc1)C2. The Labute approximate surface area is 171 Å². The number of halogens is 3. The molecule has 3 atom stereocenters. The van der Waals surface area contributed by atoms with Gasteiger partial charge in [-0.1, -0.05) is 42.5 Å². The lowest BCUT2D eigenvalue weighted by atomic mass is 9.79. The van der Waals surface area contributed by atoms with Gasteiger partial charge in [-0.2, -0.15) is 13.2 Å². The molecule has 0 aliphatic heterocycles. The number of sulfonamides is 1. The molecular weight excluding hydrogens is 419 g/mol. The molecule has 0 saturated heterocycles. The average molecular weight is 437 g/mol. The fourth-order valence-corrected chi connectivity index (χ4v) is 6.67. The van der Waals surface area contributed by atoms with Crippen molar-refractivity contribution in [3.8, 4) is 5.75 Å². The number of ketones is 1. The number of nitrogens with zero attached hydrogens (tertiary/aromatic N) is 1. The van der Waals surface area contributed by atoms with Crippen LogP contribution in [0.15, 0.2) is 66.7 Å². The molecule has 0 spiro atoms. The molecule has 5 nitrogen and oxygen atoms in total. The lowest BCUT2D eigenvalue weighted by Gasteiger charge is -2.36. The van der Waals surface area contributed by atoms with E-state index in [2.05, 4.69) is 0 Å². The maximum Gasteiger partial charge on any atom is 0.407 e. The number of rotatable bonds is 5. The van der Waals surface area contributed by atoms with Crippen molar-refractivity contribution in [2.24, 2.45) is 5.92 Å². The molecule has 158 valence electrons. The molecule has 2 aliphatic rings. The van der Waals surface area contributed by atoms with Gasteiger partial charge in [0, 0.05) is 5.92 Å². The molecule has 9 heteroatoms. The van der Waals surface area contributed by atoms with Gasteiger partial charge >= 0.3 is 6.18 Å². The quantitative estimate of drug-likeness (QED) is 0.726. The van der Waals surface area contributed by atoms with Gasteiger partial charge in [0.15, 0.2) is 5.78 Å². The molecule has 2 aromatic rings. The molecule has 2 aliphatic carbocycles. The smallest absolute Gasteiger partial charge is 0.407 e. The zero-order valence-electron chi connectivity index (χ0n) is 15.6. The lowest BCUT2D eigenvalue weighted by molar-refractivity contribution is -0.122. The van der Waals surface area contributed by atoms with Crippen molar-refractivity contribution < 1.29 is 31.5 Å². The van der Waals surface area contributed by atoms with Crippen molar-refractivity contribution in [2.75, 3.05) is 10.8 Å². The van der Waals surface area contributed by atoms with Crippen LogP contribution in [0.2, 0.25) is 0 Å². The van der Waals surface area contributed by atoms with Gasteiger partial charge in [0.1, 0.15) is 17.5 Å². The first-order chi connectivity index (χ1) is 14.1. The number of hydrogen-bond donors (Lipinski definition) is 1. The summed E-state index contributed by atoms with van der Waals surface area (Å²) < 4.78 is 67.5. The largest absolute Gasteiger partial charge is 0.508 e. The Hall–Kier alpha value is -2.81. The summed E-state index contributed by atoms with van der Waals surface area (Å²) in [5.41, 5.74) is -1.37. The van der Waals surface area contributed by atoms with Gasteiger partial charge in [0.2, 0.25) is 10.0 Å². The minimum atomic E-state index is -4.77. The molecular formula is C21H18F3NO4S. The van der Waals surface area contributed by atoms with E-state index in [1.54, 1.807) is 12.1 Å². The number of carbonyl (C=O) groups excluding carboxylic acids is 1. The van der Waals surface area contributed by atoms with E-state index in [1.807, 2.05) is 0 Å². The molecule has 1 saturated carbocycles. The Morgan fingerprint density at radius 1 is 1.07 bits per heavy atom. The van der Waals surface area contributed by atoms with Crippen LogP contribution in [0.1, 0.15) is 12.0 Å². The van der Waals surface area contributed by atoms with Crippen molar-refractivity contribution in [1.82, 2.24) is 0 Å². The number of phenolic OH excluding ortho intramolecular Hbond substituents is 1. The van der Waals surface area contributed by atoms with Gasteiger partial charge in [-0.05, 0) is 36.2 Å². The second-order valence-electron chi connectivity index (χ2n) is 7.47. The van der Waals surface area contributed by atoms with Gasteiger partial charge in [-0.3, -0.25) is 9.10 Å². The standard InChI is InChI=1S/C21H18F3NO4S/c22-21(23,24)13-25(16-4-2-1-3-5-16)30(28,29)18-12-14-10-11-20(18,19(14)27)15-6-8-17(26)9-7-15/h1-11,14,18,26H,12-13H2. The van der Waals surface area contributed by atoms with E-state index in [1.165, 1.54) is 54.6 Å². The van der Waals surface area contributed by atoms with Gasteiger partial charge in [-0.15, -0.1) is 0 Å². The molecule has 30 heavy (non-hydrogen) atoms. The third kappa shape index (κ3) is 3.17. The molecule has 3 unspecified atom stereocenters. The highest BCUT2D eigenvalue weighted by Gasteiger charge is 2.63. The van der Waals surface area contributed by atoms with Crippen LogP contribution in [0.4, 0.5) is 18.9 Å². The highest BCUT2D eigenvalue weighted by atomic mass is 32.2. The Morgan fingerprint density at radius 3 is 2.27 bits per heavy atom. The Bertz CT molecular complexity index is 1100. The molecule has 2 aromatic carbocycles. The maximum absolute atomic E-state index is 13.6. The number of Topliss-reactive ketones (excluding diaryl/α,β-unsaturated/α-hetero) is 1. The summed E-state index contributed by atoms with van der Waals surface area (Å²) in [5, 5.41) is 8.18. The van der Waals surface area contributed by atoms with Gasteiger partial charge in [-0.25, -0.2) is 8.42 Å². The molecule has 0 heterocycles. The van der Waals surface area contributed by atoms with Crippen LogP contribution in [0.5, 0.6) is 5.75 Å². The summed E-state index contributed by atoms with van der Waals surface area (Å²) in [7, 11) is -4.59. The first-order valence-corrected chi connectivity index (χ1v) is 10.7. The molecule has 0 aromatic heterocycles. The number of fused-ring (bicyclic) bond motifs is 2. The Kier molecular flexibility index (Phi) is 4.68. The van der Waals surface area contributed by atoms with Crippen LogP contribution in [-0.2, 0) is 20.2 Å². The van der Waals surface area contributed by atoms with Crippen LogP contribution >= 0.6 is 0 Å². The van der Waals surface area contributed by atoms with E-state index < -0.39 is 39.3 Å². The second-order valence-corrected chi connectivity index (χ2v) is 9.51. The van der Waals surface area contributed by atoms with Crippen molar-refractivity contribution in [2.45, 2.75) is 23.3 Å². The van der Waals surface area contributed by atoms with Crippen molar-refractivity contribution in [3.05, 3.63) is 72.3 Å². The summed E-state index contributed by atoms with van der Waals surface area (Å²) in [6, 6.07) is 12.6. The second kappa shape index (κ2) is 6.87. The summed E-state index contributed by atoms with van der Waals surface area (Å²) in [6.45, 7) is -1.69. The fraction of sp³-hybridized carbons (Fsp3) is 0.286. The van der Waals surface area contributed by atoms with Crippen LogP contribution in [0.25, 0.3) is 0 Å². The van der Waals surface area contributed by atoms with Crippen LogP contribution in [0, 0.1) is 5.92 Å². The summed E-state index contributed by atoms with van der Waals surface area (Å²) in [6.07, 6.45) is -1.78. The fourth-order valence-electron chi connectivity index (χ4n) is 4.37. The van der Waals surface area contributed by atoms with E-state index in [9.17, 15) is 31.5 Å². The summed E-state index contributed by atoms with van der Waals surface area (Å²) in [5.74, 6) is -1.11. The summed E-state index contributed by atoms with van der Waals surface area (Å²) >= 11 is 0. The number of phenols is 1. The third-order valence-corrected chi connectivity index (χ3v) is 7.93. The zero-order chi connectivity index (χ0) is 21.7. The molecule has 4 rings (SSSR count). The van der Waals surface area contributed by atoms with Crippen LogP contribution < -0.4 is 4.31 Å². The van der Waals surface area contributed by atoms with E-state index in [-0.39, 0.29) is 23.6 Å². The molecule has 2 bridgehead atoms. The third-order valence-electron chi connectivity index (χ3n) is 5.69. The van der Waals surface area contributed by atoms with Gasteiger partial charge in [0.25, 0.3) is 0 Å². The number of hydrogen-bond acceptors (Lipinski definition) is 4. The van der Waals surface area contributed by atoms with Crippen molar-refractivity contribution >= 4 is 21.5 Å². The number of allylic oxidation sites excluding steroid dienone is 2. The van der Waals surface area contributed by atoms with E-state index in [0.717, 1.165) is 0 Å². The minimum absolute atomic E-state index is 0.0680. The molecule has 1 fully saturated rings. The number of para-hydroxylation sites is 1. The van der Waals surface area contributed by atoms with Gasteiger partial charge < -0.3 is 5.11 Å². The van der Waals surface area contributed by atoms with Crippen LogP contribution in [-0.4, -0.2) is 37.3 Å².